The van der Waals surface area contributed by atoms with Crippen molar-refractivity contribution in [3.05, 3.63) is 42.0 Å². The van der Waals surface area contributed by atoms with Gasteiger partial charge in [0.1, 0.15) is 17.1 Å². The lowest BCUT2D eigenvalue weighted by atomic mass is 10.1. The number of carbonyl (C=O) groups is 2. The Kier molecular flexibility index (Phi) is 5.69. The molecule has 7 nitrogen and oxygen atoms in total. The van der Waals surface area contributed by atoms with E-state index in [0.29, 0.717) is 29.1 Å². The number of nitrogens with zero attached hydrogens (tertiary/aromatic N) is 2. The molecule has 0 spiro atoms. The smallest absolute Gasteiger partial charge is 0.338 e. The molecule has 0 amide bonds. The zero-order chi connectivity index (χ0) is 18.4. The van der Waals surface area contributed by atoms with Crippen molar-refractivity contribution in [2.45, 2.75) is 32.8 Å². The van der Waals surface area contributed by atoms with E-state index in [1.54, 1.807) is 12.1 Å². The van der Waals surface area contributed by atoms with E-state index in [2.05, 4.69) is 9.97 Å². The lowest BCUT2D eigenvalue weighted by molar-refractivity contribution is 0.0597. The number of benzene rings is 1. The van der Waals surface area contributed by atoms with Gasteiger partial charge in [-0.3, -0.25) is 4.79 Å². The van der Waals surface area contributed by atoms with Crippen LogP contribution in [0.4, 0.5) is 0 Å². The van der Waals surface area contributed by atoms with Crippen LogP contribution in [-0.2, 0) is 4.74 Å². The summed E-state index contributed by atoms with van der Waals surface area (Å²) in [6.45, 7) is 5.90. The Bertz CT molecular complexity index is 757. The predicted molar refractivity (Wildman–Crippen MR) is 90.3 cm³/mol. The molecule has 7 heteroatoms. The number of rotatable bonds is 7. The van der Waals surface area contributed by atoms with Crippen molar-refractivity contribution in [2.75, 3.05) is 7.11 Å². The van der Waals surface area contributed by atoms with Crippen LogP contribution in [0.25, 0.3) is 0 Å². The number of hydrogen-bond acceptors (Lipinski definition) is 7. The molecular weight excluding hydrogens is 324 g/mol. The second-order valence-corrected chi connectivity index (χ2v) is 5.90. The number of aromatic nitrogens is 2. The zero-order valence-electron chi connectivity index (χ0n) is 14.6. The minimum absolute atomic E-state index is 0.0596. The highest BCUT2D eigenvalue weighted by atomic mass is 16.5. The van der Waals surface area contributed by atoms with Crippen LogP contribution in [0.2, 0.25) is 0 Å². The molecule has 0 aliphatic carbocycles. The highest BCUT2D eigenvalue weighted by Crippen LogP contribution is 2.30. The van der Waals surface area contributed by atoms with Gasteiger partial charge in [-0.15, -0.1) is 0 Å². The van der Waals surface area contributed by atoms with Crippen LogP contribution in [0, 0.1) is 0 Å². The number of ether oxygens (including phenoxy) is 3. The maximum Gasteiger partial charge on any atom is 0.338 e. The average molecular weight is 344 g/mol. The highest BCUT2D eigenvalue weighted by molar-refractivity contribution is 5.90. The van der Waals surface area contributed by atoms with Crippen LogP contribution >= 0.6 is 0 Å². The predicted octanol–water partition coefficient (Wildman–Crippen LogP) is 3.44. The first-order valence-electron chi connectivity index (χ1n) is 7.74. The van der Waals surface area contributed by atoms with E-state index in [-0.39, 0.29) is 5.82 Å². The summed E-state index contributed by atoms with van der Waals surface area (Å²) in [7, 11) is 1.30. The number of methoxy groups -OCH3 is 1. The van der Waals surface area contributed by atoms with Gasteiger partial charge in [0, 0.05) is 6.07 Å². The summed E-state index contributed by atoms with van der Waals surface area (Å²) in [5.74, 6) is 0.734. The van der Waals surface area contributed by atoms with E-state index in [1.807, 2.05) is 20.8 Å². The Morgan fingerprint density at radius 3 is 2.32 bits per heavy atom. The maximum absolute atomic E-state index is 11.9. The van der Waals surface area contributed by atoms with E-state index in [1.165, 1.54) is 25.6 Å². The van der Waals surface area contributed by atoms with Gasteiger partial charge in [-0.25, -0.2) is 14.8 Å². The molecular formula is C18H20N2O5. The second-order valence-electron chi connectivity index (χ2n) is 5.90. The third-order valence-electron chi connectivity index (χ3n) is 3.54. The molecule has 2 aromatic rings. The summed E-state index contributed by atoms with van der Waals surface area (Å²) in [6.07, 6.45) is 4.07. The summed E-state index contributed by atoms with van der Waals surface area (Å²) in [4.78, 5) is 30.2. The molecule has 0 saturated heterocycles. The van der Waals surface area contributed by atoms with Crippen molar-refractivity contribution in [3.8, 4) is 17.2 Å². The van der Waals surface area contributed by atoms with Crippen LogP contribution in [0.3, 0.4) is 0 Å². The zero-order valence-corrected chi connectivity index (χ0v) is 14.6. The Morgan fingerprint density at radius 2 is 1.76 bits per heavy atom. The summed E-state index contributed by atoms with van der Waals surface area (Å²) in [5.41, 5.74) is -0.104. The fourth-order valence-electron chi connectivity index (χ4n) is 1.89. The molecule has 0 aliphatic rings. The quantitative estimate of drug-likeness (QED) is 0.561. The topological polar surface area (TPSA) is 87.6 Å². The van der Waals surface area contributed by atoms with E-state index in [9.17, 15) is 9.59 Å². The molecule has 0 aliphatic heterocycles. The van der Waals surface area contributed by atoms with Crippen molar-refractivity contribution in [1.29, 1.82) is 0 Å². The maximum atomic E-state index is 11.9. The van der Waals surface area contributed by atoms with Gasteiger partial charge in [0.15, 0.2) is 17.9 Å². The molecule has 25 heavy (non-hydrogen) atoms. The van der Waals surface area contributed by atoms with Crippen molar-refractivity contribution in [1.82, 2.24) is 9.97 Å². The fourth-order valence-corrected chi connectivity index (χ4v) is 1.89. The molecule has 0 N–H and O–H groups in total. The first-order valence-corrected chi connectivity index (χ1v) is 7.74. The van der Waals surface area contributed by atoms with E-state index in [0.717, 1.165) is 6.42 Å². The molecule has 0 fully saturated rings. The van der Waals surface area contributed by atoms with Gasteiger partial charge in [0.05, 0.1) is 25.1 Å². The Balaban J connectivity index is 2.34. The largest absolute Gasteiger partial charge is 0.488 e. The van der Waals surface area contributed by atoms with Crippen molar-refractivity contribution in [2.24, 2.45) is 0 Å². The molecule has 1 aromatic heterocycles. The molecule has 0 saturated carbocycles. The standard InChI is InChI=1S/C18H20N2O5/c1-5-18(2,3)25-14-7-12(17(22)23-4)6-13(8-14)24-15-9-19-16(11-21)20-10-15/h6-11H,5H2,1-4H3. The van der Waals surface area contributed by atoms with Crippen LogP contribution in [0.15, 0.2) is 30.6 Å². The molecule has 0 unspecified atom stereocenters. The Hall–Kier alpha value is -2.96. The number of hydrogen-bond donors (Lipinski definition) is 0. The van der Waals surface area contributed by atoms with Gasteiger partial charge < -0.3 is 14.2 Å². The normalized spacial score (nSPS) is 10.9. The molecule has 0 atom stereocenters. The highest BCUT2D eigenvalue weighted by Gasteiger charge is 2.19. The van der Waals surface area contributed by atoms with Gasteiger partial charge >= 0.3 is 5.97 Å². The molecule has 132 valence electrons. The third-order valence-corrected chi connectivity index (χ3v) is 3.54. The van der Waals surface area contributed by atoms with Gasteiger partial charge in [-0.05, 0) is 32.4 Å². The van der Waals surface area contributed by atoms with Crippen LogP contribution in [0.5, 0.6) is 17.2 Å². The third kappa shape index (κ3) is 5.00. The molecule has 1 aromatic carbocycles. The summed E-state index contributed by atoms with van der Waals surface area (Å²) in [5, 5.41) is 0. The van der Waals surface area contributed by atoms with E-state index >= 15 is 0 Å². The number of carbonyl (C=O) groups excluding carboxylic acids is 2. The van der Waals surface area contributed by atoms with Crippen molar-refractivity contribution < 1.29 is 23.8 Å². The molecule has 2 rings (SSSR count). The van der Waals surface area contributed by atoms with Crippen LogP contribution in [-0.4, -0.2) is 34.9 Å². The Morgan fingerprint density at radius 1 is 1.12 bits per heavy atom. The second kappa shape index (κ2) is 7.74. The lowest BCUT2D eigenvalue weighted by Gasteiger charge is -2.25. The van der Waals surface area contributed by atoms with Crippen LogP contribution < -0.4 is 9.47 Å². The van der Waals surface area contributed by atoms with Gasteiger partial charge in [0.25, 0.3) is 0 Å². The first-order chi connectivity index (χ1) is 11.9. The summed E-state index contributed by atoms with van der Waals surface area (Å²) < 4.78 is 16.4. The summed E-state index contributed by atoms with van der Waals surface area (Å²) >= 11 is 0. The van der Waals surface area contributed by atoms with Crippen molar-refractivity contribution in [3.63, 3.8) is 0 Å². The van der Waals surface area contributed by atoms with E-state index in [4.69, 9.17) is 14.2 Å². The first kappa shape index (κ1) is 18.4. The molecule has 1 heterocycles. The van der Waals surface area contributed by atoms with Crippen molar-refractivity contribution >= 4 is 12.3 Å². The minimum Gasteiger partial charge on any atom is -0.488 e. The molecule has 0 bridgehead atoms. The number of esters is 1. The summed E-state index contributed by atoms with van der Waals surface area (Å²) in [6, 6.07) is 4.80. The fraction of sp³-hybridized carbons (Fsp3) is 0.333. The van der Waals surface area contributed by atoms with Crippen LogP contribution in [0.1, 0.15) is 48.2 Å². The molecule has 0 radical (unpaired) electrons. The minimum atomic E-state index is -0.503. The number of aldehydes is 1. The average Bonchev–Trinajstić information content (AvgIpc) is 2.61. The van der Waals surface area contributed by atoms with E-state index < -0.39 is 11.6 Å². The SMILES string of the molecule is CCC(C)(C)Oc1cc(Oc2cnc(C=O)nc2)cc(C(=O)OC)c1. The van der Waals surface area contributed by atoms with Gasteiger partial charge in [-0.1, -0.05) is 6.92 Å². The monoisotopic (exact) mass is 344 g/mol. The van der Waals surface area contributed by atoms with Gasteiger partial charge in [-0.2, -0.15) is 0 Å². The van der Waals surface area contributed by atoms with Gasteiger partial charge in [0.2, 0.25) is 0 Å². The lowest BCUT2D eigenvalue weighted by Crippen LogP contribution is -2.26. The Labute approximate surface area is 146 Å².